The van der Waals surface area contributed by atoms with Crippen molar-refractivity contribution in [3.05, 3.63) is 11.9 Å². The number of aromatic nitrogens is 2. The maximum atomic E-state index is 4.65. The van der Waals surface area contributed by atoms with Crippen LogP contribution < -0.4 is 5.32 Å². The number of hydrogen-bond donors (Lipinski definition) is 1. The van der Waals surface area contributed by atoms with Crippen molar-refractivity contribution in [2.24, 2.45) is 5.92 Å². The maximum absolute atomic E-state index is 4.65. The van der Waals surface area contributed by atoms with Crippen LogP contribution in [-0.4, -0.2) is 15.6 Å². The van der Waals surface area contributed by atoms with Crippen molar-refractivity contribution < 1.29 is 0 Å². The smallest absolute Gasteiger partial charge is 0.203 e. The Morgan fingerprint density at radius 2 is 2.00 bits per heavy atom. The van der Waals surface area contributed by atoms with Crippen LogP contribution >= 0.6 is 0 Å². The van der Waals surface area contributed by atoms with Crippen LogP contribution in [0.4, 0.5) is 5.95 Å². The van der Waals surface area contributed by atoms with Gasteiger partial charge in [-0.15, -0.1) is 0 Å². The molecule has 0 spiro atoms. The minimum atomic E-state index is 0.653. The minimum absolute atomic E-state index is 0.653. The fourth-order valence-electron chi connectivity index (χ4n) is 2.99. The number of anilines is 1. The van der Waals surface area contributed by atoms with Gasteiger partial charge >= 0.3 is 0 Å². The zero-order valence-electron chi connectivity index (χ0n) is 11.5. The molecule has 3 heteroatoms. The second-order valence-corrected chi connectivity index (χ2v) is 6.11. The van der Waals surface area contributed by atoms with Gasteiger partial charge in [0, 0.05) is 18.8 Å². The monoisotopic (exact) mass is 247 g/mol. The van der Waals surface area contributed by atoms with Gasteiger partial charge in [0.2, 0.25) is 5.95 Å². The van der Waals surface area contributed by atoms with E-state index >= 15 is 0 Å². The van der Waals surface area contributed by atoms with Crippen LogP contribution in [0.2, 0.25) is 0 Å². The third-order valence-electron chi connectivity index (χ3n) is 4.31. The first-order valence-electron chi connectivity index (χ1n) is 7.61. The first-order valence-corrected chi connectivity index (χ1v) is 7.61. The Balaban J connectivity index is 1.61. The van der Waals surface area contributed by atoms with Crippen LogP contribution in [0.15, 0.2) is 6.20 Å². The normalized spacial score (nSPS) is 21.2. The van der Waals surface area contributed by atoms with Gasteiger partial charge in [0.1, 0.15) is 0 Å². The number of nitrogens with one attached hydrogen (secondary N) is 1. The highest BCUT2D eigenvalue weighted by atomic mass is 15.2. The Bertz CT molecular complexity index is 386. The highest BCUT2D eigenvalue weighted by Crippen LogP contribution is 2.33. The molecule has 0 radical (unpaired) electrons. The molecule has 3 rings (SSSR count). The third kappa shape index (κ3) is 3.06. The Kier molecular flexibility index (Phi) is 3.57. The molecule has 3 nitrogen and oxygen atoms in total. The van der Waals surface area contributed by atoms with E-state index in [9.17, 15) is 0 Å². The molecule has 2 saturated carbocycles. The fourth-order valence-corrected chi connectivity index (χ4v) is 2.99. The Hall–Kier alpha value is -0.990. The van der Waals surface area contributed by atoms with Crippen LogP contribution in [-0.2, 0) is 6.54 Å². The molecule has 0 saturated heterocycles. The molecule has 1 aromatic rings. The second kappa shape index (κ2) is 5.33. The minimum Gasteiger partial charge on any atom is -0.353 e. The lowest BCUT2D eigenvalue weighted by Crippen LogP contribution is -2.24. The molecule has 1 heterocycles. The van der Waals surface area contributed by atoms with Gasteiger partial charge in [-0.2, -0.15) is 0 Å². The number of aryl methyl sites for hydroxylation is 2. The van der Waals surface area contributed by atoms with E-state index in [0.29, 0.717) is 6.04 Å². The topological polar surface area (TPSA) is 29.9 Å². The van der Waals surface area contributed by atoms with Gasteiger partial charge in [-0.25, -0.2) is 4.98 Å². The van der Waals surface area contributed by atoms with E-state index in [-0.39, 0.29) is 0 Å². The summed E-state index contributed by atoms with van der Waals surface area (Å²) in [6.07, 6.45) is 13.2. The molecular formula is C15H25N3. The number of rotatable bonds is 5. The molecule has 0 amide bonds. The van der Waals surface area contributed by atoms with Gasteiger partial charge < -0.3 is 9.88 Å². The molecule has 100 valence electrons. The van der Waals surface area contributed by atoms with Gasteiger partial charge in [0.25, 0.3) is 0 Å². The largest absolute Gasteiger partial charge is 0.353 e. The predicted molar refractivity (Wildman–Crippen MR) is 74.8 cm³/mol. The predicted octanol–water partition coefficient (Wildman–Crippen LogP) is 3.74. The molecule has 0 unspecified atom stereocenters. The van der Waals surface area contributed by atoms with Crippen molar-refractivity contribution in [3.63, 3.8) is 0 Å². The van der Waals surface area contributed by atoms with E-state index < -0.39 is 0 Å². The Morgan fingerprint density at radius 3 is 2.72 bits per heavy atom. The lowest BCUT2D eigenvalue weighted by Gasteiger charge is -2.23. The summed E-state index contributed by atoms with van der Waals surface area (Å²) in [5, 5.41) is 3.67. The summed E-state index contributed by atoms with van der Waals surface area (Å²) in [5.41, 5.74) is 1.14. The third-order valence-corrected chi connectivity index (χ3v) is 4.31. The van der Waals surface area contributed by atoms with Gasteiger partial charge in [-0.3, -0.25) is 0 Å². The summed E-state index contributed by atoms with van der Waals surface area (Å²) in [6, 6.07) is 0.653. The molecule has 18 heavy (non-hydrogen) atoms. The van der Waals surface area contributed by atoms with Gasteiger partial charge in [0.15, 0.2) is 0 Å². The van der Waals surface area contributed by atoms with Crippen LogP contribution in [0.3, 0.4) is 0 Å². The maximum Gasteiger partial charge on any atom is 0.203 e. The van der Waals surface area contributed by atoms with E-state index in [1.165, 1.54) is 51.4 Å². The van der Waals surface area contributed by atoms with Gasteiger partial charge in [-0.05, 0) is 32.1 Å². The van der Waals surface area contributed by atoms with E-state index in [2.05, 4.69) is 28.0 Å². The van der Waals surface area contributed by atoms with E-state index in [1.807, 2.05) is 0 Å². The summed E-state index contributed by atoms with van der Waals surface area (Å²) in [4.78, 5) is 4.65. The molecular weight excluding hydrogens is 222 g/mol. The van der Waals surface area contributed by atoms with Crippen molar-refractivity contribution >= 4 is 5.95 Å². The summed E-state index contributed by atoms with van der Waals surface area (Å²) in [7, 11) is 0. The SMILES string of the molecule is Cc1cn(CCC2CC2)c(NC2CCCCC2)n1. The molecule has 0 aliphatic heterocycles. The fraction of sp³-hybridized carbons (Fsp3) is 0.800. The standard InChI is InChI=1S/C15H25N3/c1-12-11-18(10-9-13-7-8-13)15(16-12)17-14-5-3-2-4-6-14/h11,13-14H,2-10H2,1H3,(H,16,17). The molecule has 2 aliphatic carbocycles. The molecule has 2 aliphatic rings. The average Bonchev–Trinajstić information content (AvgIpc) is 3.13. The average molecular weight is 247 g/mol. The van der Waals surface area contributed by atoms with Gasteiger partial charge in [0.05, 0.1) is 5.69 Å². The summed E-state index contributed by atoms with van der Waals surface area (Å²) in [6.45, 7) is 3.24. The lowest BCUT2D eigenvalue weighted by atomic mass is 9.96. The number of hydrogen-bond acceptors (Lipinski definition) is 2. The van der Waals surface area contributed by atoms with E-state index in [1.54, 1.807) is 0 Å². The number of nitrogens with zero attached hydrogens (tertiary/aromatic N) is 2. The van der Waals surface area contributed by atoms with Crippen molar-refractivity contribution in [2.75, 3.05) is 5.32 Å². The molecule has 0 bridgehead atoms. The van der Waals surface area contributed by atoms with E-state index in [4.69, 9.17) is 0 Å². The second-order valence-electron chi connectivity index (χ2n) is 6.11. The zero-order valence-corrected chi connectivity index (χ0v) is 11.5. The van der Waals surface area contributed by atoms with E-state index in [0.717, 1.165) is 24.1 Å². The summed E-state index contributed by atoms with van der Waals surface area (Å²) in [5.74, 6) is 2.11. The molecule has 0 atom stereocenters. The highest BCUT2D eigenvalue weighted by Gasteiger charge is 2.22. The van der Waals surface area contributed by atoms with Crippen molar-refractivity contribution in [1.82, 2.24) is 9.55 Å². The quantitative estimate of drug-likeness (QED) is 0.859. The first kappa shape index (κ1) is 12.1. The molecule has 2 fully saturated rings. The van der Waals surface area contributed by atoms with Crippen molar-refractivity contribution in [1.29, 1.82) is 0 Å². The summed E-state index contributed by atoms with van der Waals surface area (Å²) < 4.78 is 2.34. The van der Waals surface area contributed by atoms with Crippen molar-refractivity contribution in [2.45, 2.75) is 70.9 Å². The first-order chi connectivity index (χ1) is 8.81. The van der Waals surface area contributed by atoms with Crippen LogP contribution in [0.1, 0.15) is 57.1 Å². The number of imidazole rings is 1. The molecule has 1 aromatic heterocycles. The van der Waals surface area contributed by atoms with Crippen LogP contribution in [0.25, 0.3) is 0 Å². The summed E-state index contributed by atoms with van der Waals surface area (Å²) >= 11 is 0. The Labute approximate surface area is 110 Å². The molecule has 1 N–H and O–H groups in total. The Morgan fingerprint density at radius 1 is 1.22 bits per heavy atom. The van der Waals surface area contributed by atoms with Crippen LogP contribution in [0, 0.1) is 12.8 Å². The highest BCUT2D eigenvalue weighted by molar-refractivity contribution is 5.30. The van der Waals surface area contributed by atoms with Crippen molar-refractivity contribution in [3.8, 4) is 0 Å². The lowest BCUT2D eigenvalue weighted by molar-refractivity contribution is 0.458. The zero-order chi connectivity index (χ0) is 12.4. The van der Waals surface area contributed by atoms with Crippen LogP contribution in [0.5, 0.6) is 0 Å². The van der Waals surface area contributed by atoms with Gasteiger partial charge in [-0.1, -0.05) is 32.1 Å². The molecule has 0 aromatic carbocycles.